The predicted molar refractivity (Wildman–Crippen MR) is 80.8 cm³/mol. The molecule has 0 saturated heterocycles. The summed E-state index contributed by atoms with van der Waals surface area (Å²) in [4.78, 5) is 14.3. The summed E-state index contributed by atoms with van der Waals surface area (Å²) in [6.07, 6.45) is 0.884. The Morgan fingerprint density at radius 1 is 1.20 bits per heavy atom. The van der Waals surface area contributed by atoms with Crippen molar-refractivity contribution in [1.82, 2.24) is 4.90 Å². The van der Waals surface area contributed by atoms with Crippen LogP contribution in [0, 0.1) is 0 Å². The Morgan fingerprint density at radius 2 is 2.00 bits per heavy atom. The fraction of sp³-hybridized carbons (Fsp3) is 0.188. The summed E-state index contributed by atoms with van der Waals surface area (Å²) in [5, 5.41) is 0.613. The highest BCUT2D eigenvalue weighted by atomic mass is 35.5. The molecule has 0 spiro atoms. The van der Waals surface area contributed by atoms with E-state index in [9.17, 15) is 4.79 Å². The lowest BCUT2D eigenvalue weighted by Gasteiger charge is -2.29. The summed E-state index contributed by atoms with van der Waals surface area (Å²) in [5.74, 6) is 0.0706. The van der Waals surface area contributed by atoms with Gasteiger partial charge in [-0.05, 0) is 35.7 Å². The van der Waals surface area contributed by atoms with Crippen LogP contribution >= 0.6 is 11.6 Å². The van der Waals surface area contributed by atoms with Gasteiger partial charge in [0.25, 0.3) is 5.91 Å². The monoisotopic (exact) mass is 286 g/mol. The van der Waals surface area contributed by atoms with E-state index in [0.29, 0.717) is 17.3 Å². The zero-order valence-corrected chi connectivity index (χ0v) is 11.7. The van der Waals surface area contributed by atoms with Crippen molar-refractivity contribution in [3.63, 3.8) is 0 Å². The van der Waals surface area contributed by atoms with E-state index < -0.39 is 0 Å². The number of halogens is 1. The molecule has 2 aromatic rings. The number of fused-ring (bicyclic) bond motifs is 1. The Balaban J connectivity index is 1.85. The predicted octanol–water partition coefficient (Wildman–Crippen LogP) is 3.12. The minimum Gasteiger partial charge on any atom is -0.398 e. The number of amides is 1. The first-order valence-corrected chi connectivity index (χ1v) is 6.94. The number of carbonyl (C=O) groups is 1. The molecule has 0 aromatic heterocycles. The molecule has 3 rings (SSSR count). The highest BCUT2D eigenvalue weighted by Crippen LogP contribution is 2.23. The van der Waals surface area contributed by atoms with Gasteiger partial charge in [0, 0.05) is 29.4 Å². The first-order chi connectivity index (χ1) is 9.65. The second-order valence-corrected chi connectivity index (χ2v) is 5.41. The first-order valence-electron chi connectivity index (χ1n) is 6.56. The van der Waals surface area contributed by atoms with Crippen molar-refractivity contribution in [3.05, 3.63) is 64.2 Å². The largest absolute Gasteiger partial charge is 0.398 e. The second-order valence-electron chi connectivity index (χ2n) is 4.98. The Morgan fingerprint density at radius 3 is 2.80 bits per heavy atom. The van der Waals surface area contributed by atoms with Crippen molar-refractivity contribution in [2.75, 3.05) is 12.3 Å². The van der Waals surface area contributed by atoms with Crippen LogP contribution in [-0.2, 0) is 13.0 Å². The number of nitrogens with zero attached hydrogens (tertiary/aromatic N) is 1. The molecule has 1 heterocycles. The second kappa shape index (κ2) is 5.17. The lowest BCUT2D eigenvalue weighted by molar-refractivity contribution is 0.0727. The van der Waals surface area contributed by atoms with Crippen molar-refractivity contribution < 1.29 is 4.79 Å². The maximum atomic E-state index is 12.5. The molecule has 1 aliphatic heterocycles. The molecule has 0 fully saturated rings. The zero-order valence-electron chi connectivity index (χ0n) is 11.0. The normalized spacial score (nSPS) is 14.2. The molecule has 2 N–H and O–H groups in total. The van der Waals surface area contributed by atoms with E-state index in [1.165, 1.54) is 0 Å². The van der Waals surface area contributed by atoms with Crippen LogP contribution in [0.4, 0.5) is 5.69 Å². The van der Waals surface area contributed by atoms with E-state index in [1.54, 1.807) is 12.1 Å². The number of anilines is 1. The third-order valence-corrected chi connectivity index (χ3v) is 3.89. The Hall–Kier alpha value is -2.00. The summed E-state index contributed by atoms with van der Waals surface area (Å²) in [7, 11) is 0. The Labute approximate surface area is 123 Å². The average Bonchev–Trinajstić information content (AvgIpc) is 2.45. The molecule has 1 amide bonds. The third kappa shape index (κ3) is 2.37. The van der Waals surface area contributed by atoms with Gasteiger partial charge in [-0.25, -0.2) is 0 Å². The van der Waals surface area contributed by atoms with Crippen molar-refractivity contribution >= 4 is 23.2 Å². The summed E-state index contributed by atoms with van der Waals surface area (Å²) in [6, 6.07) is 13.2. The van der Waals surface area contributed by atoms with Gasteiger partial charge in [-0.1, -0.05) is 35.9 Å². The molecule has 2 aromatic carbocycles. The Bertz CT molecular complexity index is 669. The minimum atomic E-state index is 0.0706. The molecular formula is C16H15ClN2O. The summed E-state index contributed by atoms with van der Waals surface area (Å²) in [5.41, 5.74) is 9.44. The van der Waals surface area contributed by atoms with E-state index in [2.05, 4.69) is 0 Å². The molecule has 3 nitrogen and oxygen atoms in total. The van der Waals surface area contributed by atoms with Crippen LogP contribution in [-0.4, -0.2) is 17.4 Å². The van der Waals surface area contributed by atoms with Crippen molar-refractivity contribution in [3.8, 4) is 0 Å². The molecule has 1 aliphatic rings. The maximum absolute atomic E-state index is 12.5. The molecule has 4 heteroatoms. The molecule has 0 saturated carbocycles. The molecule has 0 aliphatic carbocycles. The van der Waals surface area contributed by atoms with Crippen LogP contribution in [0.15, 0.2) is 42.5 Å². The molecule has 0 unspecified atom stereocenters. The summed E-state index contributed by atoms with van der Waals surface area (Å²) in [6.45, 7) is 1.24. The fourth-order valence-electron chi connectivity index (χ4n) is 2.54. The molecule has 0 atom stereocenters. The number of carbonyl (C=O) groups excluding carboxylic acids is 1. The Kier molecular flexibility index (Phi) is 3.36. The number of benzene rings is 2. The van der Waals surface area contributed by atoms with E-state index in [0.717, 1.165) is 29.7 Å². The van der Waals surface area contributed by atoms with Crippen LogP contribution < -0.4 is 5.73 Å². The molecular weight excluding hydrogens is 272 g/mol. The number of hydrogen-bond donors (Lipinski definition) is 1. The molecule has 0 radical (unpaired) electrons. The lowest BCUT2D eigenvalue weighted by Crippen LogP contribution is -2.37. The minimum absolute atomic E-state index is 0.0706. The molecule has 102 valence electrons. The fourth-order valence-corrected chi connectivity index (χ4v) is 2.72. The lowest BCUT2D eigenvalue weighted by atomic mass is 9.98. The van der Waals surface area contributed by atoms with Crippen molar-refractivity contribution in [2.24, 2.45) is 0 Å². The molecule has 20 heavy (non-hydrogen) atoms. The topological polar surface area (TPSA) is 46.3 Å². The smallest absolute Gasteiger partial charge is 0.254 e. The first kappa shape index (κ1) is 13.0. The van der Waals surface area contributed by atoms with Gasteiger partial charge in [-0.15, -0.1) is 0 Å². The quantitative estimate of drug-likeness (QED) is 0.862. The van der Waals surface area contributed by atoms with Crippen LogP contribution in [0.1, 0.15) is 21.5 Å². The number of rotatable bonds is 2. The summed E-state index contributed by atoms with van der Waals surface area (Å²) >= 11 is 5.89. The van der Waals surface area contributed by atoms with E-state index in [-0.39, 0.29) is 5.91 Å². The van der Waals surface area contributed by atoms with Gasteiger partial charge < -0.3 is 10.6 Å². The maximum Gasteiger partial charge on any atom is 0.254 e. The van der Waals surface area contributed by atoms with Gasteiger partial charge in [-0.2, -0.15) is 0 Å². The van der Waals surface area contributed by atoms with Gasteiger partial charge in [0.2, 0.25) is 0 Å². The van der Waals surface area contributed by atoms with E-state index in [4.69, 9.17) is 17.3 Å². The van der Waals surface area contributed by atoms with Crippen molar-refractivity contribution in [1.29, 1.82) is 0 Å². The average molecular weight is 287 g/mol. The standard InChI is InChI=1S/C16H15ClN2O/c17-13-6-5-12(15(18)9-13)10-19-8-7-11-3-1-2-4-14(11)16(19)20/h1-6,9H,7-8,10,18H2. The van der Waals surface area contributed by atoms with Crippen LogP contribution in [0.25, 0.3) is 0 Å². The number of nitrogen functional groups attached to an aromatic ring is 1. The SMILES string of the molecule is Nc1cc(Cl)ccc1CN1CCc2ccccc2C1=O. The third-order valence-electron chi connectivity index (χ3n) is 3.66. The van der Waals surface area contributed by atoms with Crippen LogP contribution in [0.5, 0.6) is 0 Å². The van der Waals surface area contributed by atoms with Gasteiger partial charge in [0.15, 0.2) is 0 Å². The van der Waals surface area contributed by atoms with Gasteiger partial charge in [0.1, 0.15) is 0 Å². The summed E-state index contributed by atoms with van der Waals surface area (Å²) < 4.78 is 0. The van der Waals surface area contributed by atoms with Gasteiger partial charge in [-0.3, -0.25) is 4.79 Å². The molecule has 0 bridgehead atoms. The van der Waals surface area contributed by atoms with Crippen LogP contribution in [0.3, 0.4) is 0 Å². The number of hydrogen-bond acceptors (Lipinski definition) is 2. The number of nitrogens with two attached hydrogens (primary N) is 1. The van der Waals surface area contributed by atoms with Gasteiger partial charge >= 0.3 is 0 Å². The zero-order chi connectivity index (χ0) is 14.1. The highest BCUT2D eigenvalue weighted by Gasteiger charge is 2.24. The van der Waals surface area contributed by atoms with E-state index >= 15 is 0 Å². The van der Waals surface area contributed by atoms with Crippen LogP contribution in [0.2, 0.25) is 5.02 Å². The van der Waals surface area contributed by atoms with Crippen molar-refractivity contribution in [2.45, 2.75) is 13.0 Å². The highest BCUT2D eigenvalue weighted by molar-refractivity contribution is 6.30. The van der Waals surface area contributed by atoms with Gasteiger partial charge in [0.05, 0.1) is 0 Å². The van der Waals surface area contributed by atoms with E-state index in [1.807, 2.05) is 35.2 Å².